The van der Waals surface area contributed by atoms with Gasteiger partial charge in [0.15, 0.2) is 0 Å². The molecule has 0 bridgehead atoms. The summed E-state index contributed by atoms with van der Waals surface area (Å²) in [6, 6.07) is 7.97. The molecule has 96 valence electrons. The Labute approximate surface area is 120 Å². The number of terminal acetylenes is 1. The molecule has 1 N–H and O–H groups in total. The molecule has 6 heteroatoms. The first-order valence-corrected chi connectivity index (χ1v) is 7.49. The van der Waals surface area contributed by atoms with E-state index in [0.29, 0.717) is 15.7 Å². The molecule has 0 spiro atoms. The fourth-order valence-electron chi connectivity index (χ4n) is 1.45. The predicted octanol–water partition coefficient (Wildman–Crippen LogP) is 2.63. The van der Waals surface area contributed by atoms with E-state index in [1.165, 1.54) is 18.5 Å². The van der Waals surface area contributed by atoms with Gasteiger partial charge in [-0.2, -0.15) is 0 Å². The summed E-state index contributed by atoms with van der Waals surface area (Å²) in [6.07, 6.45) is 8.09. The quantitative estimate of drug-likeness (QED) is 0.876. The van der Waals surface area contributed by atoms with Crippen molar-refractivity contribution in [2.24, 2.45) is 0 Å². The van der Waals surface area contributed by atoms with Crippen molar-refractivity contribution in [2.45, 2.75) is 4.90 Å². The maximum Gasteiger partial charge on any atom is 0.263 e. The van der Waals surface area contributed by atoms with Crippen LogP contribution in [0.5, 0.6) is 0 Å². The third-order valence-corrected chi connectivity index (χ3v) is 4.09. The molecule has 0 radical (unpaired) electrons. The van der Waals surface area contributed by atoms with Crippen molar-refractivity contribution in [1.29, 1.82) is 0 Å². The molecular weight excluding hydrogens is 328 g/mol. The van der Waals surface area contributed by atoms with Crippen LogP contribution < -0.4 is 4.72 Å². The Bertz CT molecular complexity index is 737. The van der Waals surface area contributed by atoms with Gasteiger partial charge in [0.05, 0.1) is 5.69 Å². The van der Waals surface area contributed by atoms with E-state index in [0.717, 1.165) is 0 Å². The van der Waals surface area contributed by atoms with E-state index < -0.39 is 10.0 Å². The topological polar surface area (TPSA) is 59.1 Å². The Morgan fingerprint density at radius 2 is 2.11 bits per heavy atom. The Hall–Kier alpha value is -1.84. The maximum atomic E-state index is 12.1. The van der Waals surface area contributed by atoms with Crippen LogP contribution in [0.1, 0.15) is 5.56 Å². The van der Waals surface area contributed by atoms with Crippen molar-refractivity contribution in [3.8, 4) is 12.3 Å². The predicted molar refractivity (Wildman–Crippen MR) is 77.1 cm³/mol. The van der Waals surface area contributed by atoms with Crippen LogP contribution in [0.4, 0.5) is 5.69 Å². The van der Waals surface area contributed by atoms with E-state index in [1.807, 2.05) is 0 Å². The number of hydrogen-bond acceptors (Lipinski definition) is 3. The number of sulfonamides is 1. The van der Waals surface area contributed by atoms with Crippen molar-refractivity contribution in [3.05, 3.63) is 52.8 Å². The van der Waals surface area contributed by atoms with Gasteiger partial charge in [-0.1, -0.05) is 21.9 Å². The number of anilines is 1. The molecule has 0 saturated heterocycles. The van der Waals surface area contributed by atoms with Gasteiger partial charge in [0.2, 0.25) is 0 Å². The van der Waals surface area contributed by atoms with Gasteiger partial charge >= 0.3 is 0 Å². The van der Waals surface area contributed by atoms with Crippen molar-refractivity contribution in [1.82, 2.24) is 4.98 Å². The van der Waals surface area contributed by atoms with Gasteiger partial charge in [0.1, 0.15) is 4.90 Å². The van der Waals surface area contributed by atoms with Crippen LogP contribution in [0.3, 0.4) is 0 Å². The number of hydrogen-bond donors (Lipinski definition) is 1. The van der Waals surface area contributed by atoms with Crippen LogP contribution >= 0.6 is 15.9 Å². The monoisotopic (exact) mass is 336 g/mol. The third kappa shape index (κ3) is 3.34. The lowest BCUT2D eigenvalue weighted by Gasteiger charge is -2.08. The summed E-state index contributed by atoms with van der Waals surface area (Å²) in [7, 11) is -3.66. The van der Waals surface area contributed by atoms with Crippen molar-refractivity contribution in [2.75, 3.05) is 4.72 Å². The molecule has 0 fully saturated rings. The van der Waals surface area contributed by atoms with Gasteiger partial charge in [-0.25, -0.2) is 8.42 Å². The summed E-state index contributed by atoms with van der Waals surface area (Å²) in [4.78, 5) is 3.88. The smallest absolute Gasteiger partial charge is 0.263 e. The first kappa shape index (κ1) is 13.6. The number of aromatic nitrogens is 1. The molecule has 0 unspecified atom stereocenters. The summed E-state index contributed by atoms with van der Waals surface area (Å²) in [5.41, 5.74) is 0.976. The maximum absolute atomic E-state index is 12.1. The number of halogens is 1. The average Bonchev–Trinajstić information content (AvgIpc) is 2.38. The highest BCUT2D eigenvalue weighted by atomic mass is 79.9. The Balaban J connectivity index is 2.37. The van der Waals surface area contributed by atoms with Crippen LogP contribution in [0.25, 0.3) is 0 Å². The van der Waals surface area contributed by atoms with Crippen molar-refractivity contribution >= 4 is 31.6 Å². The van der Waals surface area contributed by atoms with Crippen LogP contribution in [-0.4, -0.2) is 13.4 Å². The molecule has 0 amide bonds. The van der Waals surface area contributed by atoms with Crippen LogP contribution in [0.2, 0.25) is 0 Å². The zero-order valence-corrected chi connectivity index (χ0v) is 12.1. The molecule has 2 rings (SSSR count). The van der Waals surface area contributed by atoms with Crippen LogP contribution in [-0.2, 0) is 10.0 Å². The lowest BCUT2D eigenvalue weighted by atomic mass is 10.2. The molecule has 2 aromatic rings. The molecule has 0 atom stereocenters. The largest absolute Gasteiger partial charge is 0.280 e. The van der Waals surface area contributed by atoms with Gasteiger partial charge < -0.3 is 0 Å². The number of benzene rings is 1. The second-order valence-electron chi connectivity index (χ2n) is 3.67. The Morgan fingerprint density at radius 1 is 1.32 bits per heavy atom. The first-order chi connectivity index (χ1) is 9.01. The SMILES string of the molecule is C#Cc1cc(Br)cc(NS(=O)(=O)c2cccnc2)c1. The standard InChI is InChI=1S/C13H9BrN2O2S/c1-2-10-6-11(14)8-12(7-10)16-19(17,18)13-4-3-5-15-9-13/h1,3-9,16H. The van der Waals surface area contributed by atoms with E-state index in [9.17, 15) is 8.42 Å². The van der Waals surface area contributed by atoms with E-state index in [1.54, 1.807) is 24.3 Å². The summed E-state index contributed by atoms with van der Waals surface area (Å²) in [5.74, 6) is 2.46. The third-order valence-electron chi connectivity index (χ3n) is 2.26. The van der Waals surface area contributed by atoms with Gasteiger partial charge in [0.25, 0.3) is 10.0 Å². The minimum absolute atomic E-state index is 0.0947. The van der Waals surface area contributed by atoms with Crippen LogP contribution in [0, 0.1) is 12.3 Å². The second-order valence-corrected chi connectivity index (χ2v) is 6.27. The highest BCUT2D eigenvalue weighted by molar-refractivity contribution is 9.10. The lowest BCUT2D eigenvalue weighted by Crippen LogP contribution is -2.13. The molecule has 0 aliphatic rings. The second kappa shape index (κ2) is 5.43. The van der Waals surface area contributed by atoms with E-state index in [2.05, 4.69) is 31.6 Å². The zero-order chi connectivity index (χ0) is 13.9. The summed E-state index contributed by atoms with van der Waals surface area (Å²) >= 11 is 3.27. The van der Waals surface area contributed by atoms with Gasteiger partial charge in [-0.3, -0.25) is 9.71 Å². The zero-order valence-electron chi connectivity index (χ0n) is 9.67. The first-order valence-electron chi connectivity index (χ1n) is 5.21. The van der Waals surface area contributed by atoms with E-state index in [-0.39, 0.29) is 4.90 Å². The highest BCUT2D eigenvalue weighted by Crippen LogP contribution is 2.21. The molecule has 19 heavy (non-hydrogen) atoms. The molecule has 1 aromatic heterocycles. The van der Waals surface area contributed by atoms with Crippen LogP contribution in [0.15, 0.2) is 52.1 Å². The molecule has 1 heterocycles. The fourth-order valence-corrected chi connectivity index (χ4v) is 2.95. The van der Waals surface area contributed by atoms with E-state index in [4.69, 9.17) is 6.42 Å². The molecule has 0 aliphatic carbocycles. The average molecular weight is 337 g/mol. The fraction of sp³-hybridized carbons (Fsp3) is 0. The Kier molecular flexibility index (Phi) is 3.88. The van der Waals surface area contributed by atoms with Crippen molar-refractivity contribution < 1.29 is 8.42 Å². The van der Waals surface area contributed by atoms with E-state index >= 15 is 0 Å². The normalized spacial score (nSPS) is 10.7. The summed E-state index contributed by atoms with van der Waals surface area (Å²) in [6.45, 7) is 0. The number of nitrogens with zero attached hydrogens (tertiary/aromatic N) is 1. The molecule has 0 saturated carbocycles. The molecule has 1 aromatic carbocycles. The van der Waals surface area contributed by atoms with Crippen molar-refractivity contribution in [3.63, 3.8) is 0 Å². The minimum atomic E-state index is -3.66. The Morgan fingerprint density at radius 3 is 2.74 bits per heavy atom. The lowest BCUT2D eigenvalue weighted by molar-refractivity contribution is 0.601. The van der Waals surface area contributed by atoms with Gasteiger partial charge in [-0.15, -0.1) is 6.42 Å². The number of rotatable bonds is 3. The number of nitrogens with one attached hydrogen (secondary N) is 1. The van der Waals surface area contributed by atoms with Gasteiger partial charge in [0, 0.05) is 22.4 Å². The highest BCUT2D eigenvalue weighted by Gasteiger charge is 2.14. The molecular formula is C13H9BrN2O2S. The molecule has 4 nitrogen and oxygen atoms in total. The molecule has 0 aliphatic heterocycles. The number of pyridine rings is 1. The summed E-state index contributed by atoms with van der Waals surface area (Å²) < 4.78 is 27.3. The summed E-state index contributed by atoms with van der Waals surface area (Å²) in [5, 5.41) is 0. The minimum Gasteiger partial charge on any atom is -0.280 e. The van der Waals surface area contributed by atoms with Gasteiger partial charge in [-0.05, 0) is 30.3 Å².